The Bertz CT molecular complexity index is 814. The molecular formula is C14H10FNO3S. The van der Waals surface area contributed by atoms with E-state index < -0.39 is 15.0 Å². The quantitative estimate of drug-likeness (QED) is 0.810. The minimum atomic E-state index is -4.26. The lowest BCUT2D eigenvalue weighted by Gasteiger charge is -2.20. The zero-order valence-corrected chi connectivity index (χ0v) is 11.3. The van der Waals surface area contributed by atoms with Gasteiger partial charge in [-0.3, -0.25) is 0 Å². The average molecular weight is 291 g/mol. The number of aryl methyl sites for hydroxylation is 1. The van der Waals surface area contributed by atoms with Crippen molar-refractivity contribution in [1.29, 1.82) is 0 Å². The van der Waals surface area contributed by atoms with Crippen molar-refractivity contribution in [2.24, 2.45) is 0 Å². The van der Waals surface area contributed by atoms with Crippen molar-refractivity contribution in [3.8, 4) is 5.75 Å². The molecule has 0 fully saturated rings. The summed E-state index contributed by atoms with van der Waals surface area (Å²) in [5.41, 5.74) is 0.946. The van der Waals surface area contributed by atoms with Crippen LogP contribution in [0.5, 0.6) is 5.75 Å². The van der Waals surface area contributed by atoms with Crippen LogP contribution in [0.4, 0.5) is 4.39 Å². The molecule has 20 heavy (non-hydrogen) atoms. The molecule has 3 rings (SSSR count). The second-order valence-electron chi connectivity index (χ2n) is 4.34. The lowest BCUT2D eigenvalue weighted by Crippen LogP contribution is -2.16. The maximum Gasteiger partial charge on any atom is 0.264 e. The Labute approximate surface area is 115 Å². The van der Waals surface area contributed by atoms with Crippen molar-refractivity contribution in [1.82, 2.24) is 4.98 Å². The van der Waals surface area contributed by atoms with Crippen LogP contribution in [-0.2, 0) is 9.84 Å². The van der Waals surface area contributed by atoms with Crippen LogP contribution in [0.15, 0.2) is 52.8 Å². The molecule has 0 N–H and O–H groups in total. The molecule has 0 bridgehead atoms. The normalized spacial score (nSPS) is 16.5. The molecular weight excluding hydrogens is 281 g/mol. The average Bonchev–Trinajstić information content (AvgIpc) is 2.45. The van der Waals surface area contributed by atoms with Crippen molar-refractivity contribution in [3.05, 3.63) is 58.9 Å². The standard InChI is InChI=1S/C14H10FNO3S/c1-9-7-8-16-14-11(9)19-12(13(15)20(14,17)18)10-5-3-2-4-6-10/h2-8H,1H3. The smallest absolute Gasteiger partial charge is 0.264 e. The van der Waals surface area contributed by atoms with E-state index in [-0.39, 0.29) is 16.5 Å². The molecule has 0 atom stereocenters. The van der Waals surface area contributed by atoms with Gasteiger partial charge in [0.2, 0.25) is 5.03 Å². The molecule has 1 aliphatic heterocycles. The summed E-state index contributed by atoms with van der Waals surface area (Å²) < 4.78 is 44.0. The molecule has 1 aromatic heterocycles. The number of hydrogen-bond acceptors (Lipinski definition) is 4. The fourth-order valence-electron chi connectivity index (χ4n) is 1.95. The van der Waals surface area contributed by atoms with E-state index in [1.165, 1.54) is 6.20 Å². The second kappa shape index (κ2) is 4.42. The summed E-state index contributed by atoms with van der Waals surface area (Å²) in [4.78, 5) is 3.72. The number of aromatic nitrogens is 1. The zero-order chi connectivity index (χ0) is 14.3. The predicted octanol–water partition coefficient (Wildman–Crippen LogP) is 2.85. The first-order valence-corrected chi connectivity index (χ1v) is 7.34. The summed E-state index contributed by atoms with van der Waals surface area (Å²) in [7, 11) is -4.26. The molecule has 0 saturated carbocycles. The Morgan fingerprint density at radius 3 is 2.55 bits per heavy atom. The van der Waals surface area contributed by atoms with Crippen molar-refractivity contribution >= 4 is 15.6 Å². The number of fused-ring (bicyclic) bond motifs is 1. The van der Waals surface area contributed by atoms with Crippen molar-refractivity contribution in [3.63, 3.8) is 0 Å². The summed E-state index contributed by atoms with van der Waals surface area (Å²) in [6.45, 7) is 1.68. The summed E-state index contributed by atoms with van der Waals surface area (Å²) >= 11 is 0. The lowest BCUT2D eigenvalue weighted by molar-refractivity contribution is 0.455. The van der Waals surface area contributed by atoms with Gasteiger partial charge in [-0.1, -0.05) is 30.3 Å². The Kier molecular flexibility index (Phi) is 2.83. The van der Waals surface area contributed by atoms with Crippen LogP contribution < -0.4 is 4.74 Å². The molecule has 2 heterocycles. The van der Waals surface area contributed by atoms with Crippen LogP contribution in [0.1, 0.15) is 11.1 Å². The van der Waals surface area contributed by atoms with E-state index in [0.717, 1.165) is 0 Å². The molecule has 102 valence electrons. The molecule has 0 spiro atoms. The second-order valence-corrected chi connectivity index (χ2v) is 6.09. The number of benzene rings is 1. The van der Waals surface area contributed by atoms with Gasteiger partial charge in [0.05, 0.1) is 0 Å². The minimum Gasteiger partial charge on any atom is -0.450 e. The third kappa shape index (κ3) is 1.80. The van der Waals surface area contributed by atoms with Crippen molar-refractivity contribution in [2.45, 2.75) is 11.9 Å². The highest BCUT2D eigenvalue weighted by Crippen LogP contribution is 2.40. The predicted molar refractivity (Wildman–Crippen MR) is 71.3 cm³/mol. The first kappa shape index (κ1) is 12.8. The van der Waals surface area contributed by atoms with E-state index in [0.29, 0.717) is 11.1 Å². The molecule has 1 aliphatic rings. The molecule has 0 radical (unpaired) electrons. The van der Waals surface area contributed by atoms with E-state index >= 15 is 0 Å². The number of nitrogens with zero attached hydrogens (tertiary/aromatic N) is 1. The van der Waals surface area contributed by atoms with Crippen LogP contribution in [0.3, 0.4) is 0 Å². The summed E-state index contributed by atoms with van der Waals surface area (Å²) in [6.07, 6.45) is 1.32. The molecule has 6 heteroatoms. The summed E-state index contributed by atoms with van der Waals surface area (Å²) in [6, 6.07) is 9.89. The number of ether oxygens (including phenoxy) is 1. The number of halogens is 1. The number of hydrogen-bond donors (Lipinski definition) is 0. The molecule has 0 amide bonds. The maximum atomic E-state index is 14.2. The van der Waals surface area contributed by atoms with Gasteiger partial charge in [-0.15, -0.1) is 0 Å². The highest BCUT2D eigenvalue weighted by atomic mass is 32.2. The van der Waals surface area contributed by atoms with Gasteiger partial charge in [0.15, 0.2) is 11.5 Å². The Hall–Kier alpha value is -2.21. The van der Waals surface area contributed by atoms with E-state index in [1.54, 1.807) is 43.3 Å². The zero-order valence-electron chi connectivity index (χ0n) is 10.5. The van der Waals surface area contributed by atoms with Crippen molar-refractivity contribution < 1.29 is 17.5 Å². The molecule has 2 aromatic rings. The van der Waals surface area contributed by atoms with E-state index in [9.17, 15) is 12.8 Å². The van der Waals surface area contributed by atoms with Crippen LogP contribution in [-0.4, -0.2) is 13.4 Å². The van der Waals surface area contributed by atoms with E-state index in [1.807, 2.05) is 0 Å². The van der Waals surface area contributed by atoms with E-state index in [2.05, 4.69) is 4.98 Å². The highest BCUT2D eigenvalue weighted by Gasteiger charge is 2.37. The Morgan fingerprint density at radius 2 is 1.85 bits per heavy atom. The SMILES string of the molecule is Cc1ccnc2c1OC(c1ccccc1)=C(F)S2(=O)=O. The van der Waals surface area contributed by atoms with Gasteiger partial charge in [-0.05, 0) is 18.6 Å². The number of pyridine rings is 1. The summed E-state index contributed by atoms with van der Waals surface area (Å²) in [5.74, 6) is -0.220. The van der Waals surface area contributed by atoms with Crippen LogP contribution in [0.2, 0.25) is 0 Å². The van der Waals surface area contributed by atoms with Gasteiger partial charge < -0.3 is 4.74 Å². The molecule has 0 unspecified atom stereocenters. The van der Waals surface area contributed by atoms with Gasteiger partial charge in [-0.25, -0.2) is 13.4 Å². The van der Waals surface area contributed by atoms with Gasteiger partial charge in [0.25, 0.3) is 15.0 Å². The van der Waals surface area contributed by atoms with Crippen LogP contribution in [0.25, 0.3) is 5.76 Å². The Morgan fingerprint density at radius 1 is 1.15 bits per heavy atom. The topological polar surface area (TPSA) is 56.3 Å². The number of sulfone groups is 1. The maximum absolute atomic E-state index is 14.2. The molecule has 0 saturated heterocycles. The monoisotopic (exact) mass is 291 g/mol. The molecule has 1 aromatic carbocycles. The Balaban J connectivity index is 2.28. The first-order chi connectivity index (χ1) is 9.51. The van der Waals surface area contributed by atoms with Crippen LogP contribution in [0, 0.1) is 6.92 Å². The molecule has 0 aliphatic carbocycles. The van der Waals surface area contributed by atoms with Gasteiger partial charge in [-0.2, -0.15) is 4.39 Å². The third-order valence-electron chi connectivity index (χ3n) is 2.98. The third-order valence-corrected chi connectivity index (χ3v) is 4.43. The largest absolute Gasteiger partial charge is 0.450 e. The summed E-state index contributed by atoms with van der Waals surface area (Å²) in [5, 5.41) is -1.69. The van der Waals surface area contributed by atoms with Crippen molar-refractivity contribution in [2.75, 3.05) is 0 Å². The molecule has 4 nitrogen and oxygen atoms in total. The fraction of sp³-hybridized carbons (Fsp3) is 0.0714. The van der Waals surface area contributed by atoms with Gasteiger partial charge >= 0.3 is 0 Å². The lowest BCUT2D eigenvalue weighted by atomic mass is 10.2. The van der Waals surface area contributed by atoms with Crippen LogP contribution >= 0.6 is 0 Å². The minimum absolute atomic E-state index is 0.0766. The first-order valence-electron chi connectivity index (χ1n) is 5.85. The number of rotatable bonds is 1. The highest BCUT2D eigenvalue weighted by molar-refractivity contribution is 7.95. The van der Waals surface area contributed by atoms with Gasteiger partial charge in [0.1, 0.15) is 0 Å². The van der Waals surface area contributed by atoms with Gasteiger partial charge in [0, 0.05) is 11.8 Å². The van der Waals surface area contributed by atoms with E-state index in [4.69, 9.17) is 4.74 Å². The fourth-order valence-corrected chi connectivity index (χ4v) is 3.17.